The first-order valence-corrected chi connectivity index (χ1v) is 3.00. The number of hydrogen-bond acceptors (Lipinski definition) is 3. The molecular weight excluding hydrogens is 148 g/mol. The molecule has 1 aromatic rings. The van der Waals surface area contributed by atoms with E-state index in [1.54, 1.807) is 0 Å². The molecular formula is C5H8N4O2. The van der Waals surface area contributed by atoms with Crippen LogP contribution in [-0.2, 0) is 7.05 Å². The molecule has 0 spiro atoms. The van der Waals surface area contributed by atoms with Gasteiger partial charge in [0, 0.05) is 14.1 Å². The summed E-state index contributed by atoms with van der Waals surface area (Å²) in [4.78, 5) is 23.8. The van der Waals surface area contributed by atoms with Crippen LogP contribution in [0.5, 0.6) is 0 Å². The Balaban J connectivity index is 3.07. The fourth-order valence-electron chi connectivity index (χ4n) is 0.623. The summed E-state index contributed by atoms with van der Waals surface area (Å²) in [6, 6.07) is 0. The highest BCUT2D eigenvalue weighted by molar-refractivity contribution is 5.89. The van der Waals surface area contributed by atoms with Gasteiger partial charge in [0.1, 0.15) is 0 Å². The molecule has 60 valence electrons. The number of aromatic amines is 1. The lowest BCUT2D eigenvalue weighted by atomic mass is 10.6. The fourth-order valence-corrected chi connectivity index (χ4v) is 0.623. The summed E-state index contributed by atoms with van der Waals surface area (Å²) in [6.45, 7) is 0. The van der Waals surface area contributed by atoms with Gasteiger partial charge in [0.25, 0.3) is 5.91 Å². The van der Waals surface area contributed by atoms with Crippen molar-refractivity contribution in [2.45, 2.75) is 0 Å². The van der Waals surface area contributed by atoms with Crippen molar-refractivity contribution < 1.29 is 4.79 Å². The number of rotatable bonds is 1. The minimum Gasteiger partial charge on any atom is -0.352 e. The first-order valence-electron chi connectivity index (χ1n) is 3.00. The van der Waals surface area contributed by atoms with Crippen LogP contribution in [0.1, 0.15) is 10.6 Å². The Morgan fingerprint density at radius 2 is 2.36 bits per heavy atom. The molecule has 0 atom stereocenters. The van der Waals surface area contributed by atoms with Gasteiger partial charge >= 0.3 is 5.69 Å². The third-order valence-corrected chi connectivity index (χ3v) is 1.21. The number of nitrogens with one attached hydrogen (secondary N) is 2. The van der Waals surface area contributed by atoms with Gasteiger partial charge in [-0.25, -0.2) is 9.48 Å². The van der Waals surface area contributed by atoms with Crippen molar-refractivity contribution in [1.29, 1.82) is 0 Å². The van der Waals surface area contributed by atoms with Crippen LogP contribution in [0.3, 0.4) is 0 Å². The van der Waals surface area contributed by atoms with E-state index in [2.05, 4.69) is 15.4 Å². The van der Waals surface area contributed by atoms with Crippen LogP contribution in [0.15, 0.2) is 4.79 Å². The van der Waals surface area contributed by atoms with Crippen molar-refractivity contribution in [3.05, 3.63) is 16.3 Å². The molecule has 1 aromatic heterocycles. The van der Waals surface area contributed by atoms with E-state index in [9.17, 15) is 9.59 Å². The molecule has 1 heterocycles. The number of nitrogens with zero attached hydrogens (tertiary/aromatic N) is 2. The van der Waals surface area contributed by atoms with Crippen LogP contribution in [0.4, 0.5) is 0 Å². The quantitative estimate of drug-likeness (QED) is 0.517. The highest BCUT2D eigenvalue weighted by atomic mass is 16.2. The molecule has 0 bridgehead atoms. The number of H-pyrrole nitrogens is 1. The SMILES string of the molecule is CNC(=O)c1nn(C)c(=O)[nH]1. The maximum atomic E-state index is 10.8. The molecule has 6 nitrogen and oxygen atoms in total. The zero-order valence-electron chi connectivity index (χ0n) is 6.21. The Morgan fingerprint density at radius 3 is 2.73 bits per heavy atom. The molecule has 1 amide bonds. The first kappa shape index (κ1) is 7.52. The molecule has 0 unspecified atom stereocenters. The second-order valence-corrected chi connectivity index (χ2v) is 1.98. The average Bonchev–Trinajstić information content (AvgIpc) is 2.31. The zero-order valence-corrected chi connectivity index (χ0v) is 6.21. The second-order valence-electron chi connectivity index (χ2n) is 1.98. The first-order chi connectivity index (χ1) is 5.15. The zero-order chi connectivity index (χ0) is 8.43. The van der Waals surface area contributed by atoms with E-state index in [1.807, 2.05) is 0 Å². The molecule has 11 heavy (non-hydrogen) atoms. The van der Waals surface area contributed by atoms with E-state index in [0.29, 0.717) is 0 Å². The number of aromatic nitrogens is 3. The van der Waals surface area contributed by atoms with Crippen LogP contribution in [0.25, 0.3) is 0 Å². The Morgan fingerprint density at radius 1 is 1.73 bits per heavy atom. The summed E-state index contributed by atoms with van der Waals surface area (Å²) in [6.07, 6.45) is 0. The Hall–Kier alpha value is -1.59. The van der Waals surface area contributed by atoms with Crippen LogP contribution in [0, 0.1) is 0 Å². The van der Waals surface area contributed by atoms with Crippen molar-refractivity contribution in [3.8, 4) is 0 Å². The Bertz CT molecular complexity index is 323. The van der Waals surface area contributed by atoms with E-state index in [4.69, 9.17) is 0 Å². The highest BCUT2D eigenvalue weighted by Crippen LogP contribution is 1.80. The number of carbonyl (C=O) groups excluding carboxylic acids is 1. The number of carbonyl (C=O) groups is 1. The molecule has 0 saturated carbocycles. The maximum Gasteiger partial charge on any atom is 0.343 e. The van der Waals surface area contributed by atoms with Crippen LogP contribution in [-0.4, -0.2) is 27.7 Å². The minimum atomic E-state index is -0.400. The molecule has 0 aliphatic heterocycles. The molecule has 0 fully saturated rings. The lowest BCUT2D eigenvalue weighted by molar-refractivity contribution is 0.0952. The van der Waals surface area contributed by atoms with Crippen molar-refractivity contribution in [3.63, 3.8) is 0 Å². The third kappa shape index (κ3) is 1.28. The molecule has 6 heteroatoms. The standard InChI is InChI=1S/C5H8N4O2/c1-6-4(10)3-7-5(11)9(2)8-3/h1-2H3,(H,6,10)(H,7,8,11). The number of aryl methyl sites for hydroxylation is 1. The summed E-state index contributed by atoms with van der Waals surface area (Å²) < 4.78 is 1.06. The Labute approximate surface area is 62.2 Å². The predicted octanol–water partition coefficient (Wildman–Crippen LogP) is -1.53. The predicted molar refractivity (Wildman–Crippen MR) is 37.2 cm³/mol. The average molecular weight is 156 g/mol. The van der Waals surface area contributed by atoms with E-state index < -0.39 is 11.6 Å². The number of amides is 1. The molecule has 1 rings (SSSR count). The van der Waals surface area contributed by atoms with Gasteiger partial charge in [-0.2, -0.15) is 0 Å². The van der Waals surface area contributed by atoms with E-state index in [-0.39, 0.29) is 5.82 Å². The lowest BCUT2D eigenvalue weighted by Gasteiger charge is -1.89. The van der Waals surface area contributed by atoms with Crippen molar-refractivity contribution >= 4 is 5.91 Å². The summed E-state index contributed by atoms with van der Waals surface area (Å²) >= 11 is 0. The topological polar surface area (TPSA) is 79.8 Å². The van der Waals surface area contributed by atoms with Gasteiger partial charge in [0.2, 0.25) is 5.82 Å². The van der Waals surface area contributed by atoms with Gasteiger partial charge in [-0.15, -0.1) is 5.10 Å². The van der Waals surface area contributed by atoms with Crippen LogP contribution in [0.2, 0.25) is 0 Å². The molecule has 2 N–H and O–H groups in total. The van der Waals surface area contributed by atoms with E-state index in [1.165, 1.54) is 14.1 Å². The van der Waals surface area contributed by atoms with Gasteiger partial charge in [-0.05, 0) is 0 Å². The highest BCUT2D eigenvalue weighted by Gasteiger charge is 2.08. The summed E-state index contributed by atoms with van der Waals surface area (Å²) in [5.41, 5.74) is -0.399. The second kappa shape index (κ2) is 2.57. The maximum absolute atomic E-state index is 10.8. The fraction of sp³-hybridized carbons (Fsp3) is 0.400. The van der Waals surface area contributed by atoms with Crippen LogP contribution >= 0.6 is 0 Å². The molecule has 0 aliphatic rings. The summed E-state index contributed by atoms with van der Waals surface area (Å²) in [5.74, 6) is -0.372. The lowest BCUT2D eigenvalue weighted by Crippen LogP contribution is -2.19. The summed E-state index contributed by atoms with van der Waals surface area (Å²) in [7, 11) is 2.93. The van der Waals surface area contributed by atoms with Crippen molar-refractivity contribution in [2.24, 2.45) is 7.05 Å². The minimum absolute atomic E-state index is 0.0278. The largest absolute Gasteiger partial charge is 0.352 e. The van der Waals surface area contributed by atoms with Crippen LogP contribution < -0.4 is 11.0 Å². The third-order valence-electron chi connectivity index (χ3n) is 1.21. The molecule has 0 radical (unpaired) electrons. The van der Waals surface area contributed by atoms with Gasteiger partial charge in [0.15, 0.2) is 0 Å². The molecule has 0 saturated heterocycles. The van der Waals surface area contributed by atoms with Gasteiger partial charge in [-0.1, -0.05) is 0 Å². The summed E-state index contributed by atoms with van der Waals surface area (Å²) in [5, 5.41) is 5.95. The van der Waals surface area contributed by atoms with Crippen molar-refractivity contribution in [2.75, 3.05) is 7.05 Å². The Kier molecular flexibility index (Phi) is 1.75. The van der Waals surface area contributed by atoms with Crippen molar-refractivity contribution in [1.82, 2.24) is 20.1 Å². The monoisotopic (exact) mass is 156 g/mol. The van der Waals surface area contributed by atoms with E-state index in [0.717, 1.165) is 4.68 Å². The molecule has 0 aliphatic carbocycles. The number of hydrogen-bond donors (Lipinski definition) is 2. The normalized spacial score (nSPS) is 9.64. The smallest absolute Gasteiger partial charge is 0.343 e. The molecule has 0 aromatic carbocycles. The van der Waals surface area contributed by atoms with E-state index >= 15 is 0 Å². The van der Waals surface area contributed by atoms with Gasteiger partial charge in [0.05, 0.1) is 0 Å². The van der Waals surface area contributed by atoms with Gasteiger partial charge < -0.3 is 5.32 Å². The van der Waals surface area contributed by atoms with Gasteiger partial charge in [-0.3, -0.25) is 9.78 Å².